The topological polar surface area (TPSA) is 70.0 Å². The molecule has 1 aromatic heterocycles. The highest BCUT2D eigenvalue weighted by atomic mass is 16.7. The number of pyridine rings is 1. The summed E-state index contributed by atoms with van der Waals surface area (Å²) in [6.07, 6.45) is 0.631. The van der Waals surface area contributed by atoms with E-state index in [4.69, 9.17) is 18.9 Å². The van der Waals surface area contributed by atoms with Crippen molar-refractivity contribution in [1.29, 1.82) is 0 Å². The first-order valence-corrected chi connectivity index (χ1v) is 13.4. The van der Waals surface area contributed by atoms with Crippen molar-refractivity contribution in [3.8, 4) is 5.88 Å². The van der Waals surface area contributed by atoms with Crippen LogP contribution in [0.2, 0.25) is 0 Å². The van der Waals surface area contributed by atoms with Gasteiger partial charge >= 0.3 is 0 Å². The summed E-state index contributed by atoms with van der Waals surface area (Å²) < 4.78 is 25.1. The molecule has 4 atom stereocenters. The fourth-order valence-electron chi connectivity index (χ4n) is 4.90. The summed E-state index contributed by atoms with van der Waals surface area (Å²) in [6.45, 7) is 5.04. The summed E-state index contributed by atoms with van der Waals surface area (Å²) >= 11 is 0. The molecule has 1 aliphatic heterocycles. The van der Waals surface area contributed by atoms with Crippen LogP contribution in [-0.2, 0) is 39.8 Å². The molecular formula is C33H35NO5. The predicted octanol–water partition coefficient (Wildman–Crippen LogP) is 6.09. The standard InChI is InChI=1S/C33H35NO5/c1-3-29-30(36-21-25-13-7-4-8-14-25)31(37-22-26-15-9-5-10-16-26)33(35,39-29)28-19-24(2)32(34-20-28)38-23-27-17-11-6-12-18-27/h4-20,29-31,35H,3,21-23H2,1-2H3/t29-,30+,31?,33+/m1/s1. The first-order chi connectivity index (χ1) is 19.1. The number of hydrogen-bond acceptors (Lipinski definition) is 6. The molecule has 3 aromatic carbocycles. The zero-order chi connectivity index (χ0) is 27.1. The van der Waals surface area contributed by atoms with E-state index < -0.39 is 18.0 Å². The molecule has 2 heterocycles. The Bertz CT molecular complexity index is 1320. The smallest absolute Gasteiger partial charge is 0.224 e. The van der Waals surface area contributed by atoms with Gasteiger partial charge in [0.25, 0.3) is 0 Å². The van der Waals surface area contributed by atoms with Gasteiger partial charge in [0.15, 0.2) is 0 Å². The summed E-state index contributed by atoms with van der Waals surface area (Å²) in [5.41, 5.74) is 4.40. The molecule has 0 aliphatic carbocycles. The Morgan fingerprint density at radius 2 is 1.33 bits per heavy atom. The van der Waals surface area contributed by atoms with E-state index in [0.29, 0.717) is 37.7 Å². The molecule has 0 radical (unpaired) electrons. The minimum Gasteiger partial charge on any atom is -0.473 e. The second-order valence-corrected chi connectivity index (χ2v) is 9.86. The summed E-state index contributed by atoms with van der Waals surface area (Å²) in [7, 11) is 0. The lowest BCUT2D eigenvalue weighted by atomic mass is 9.97. The molecule has 5 rings (SSSR count). The average molecular weight is 526 g/mol. The van der Waals surface area contributed by atoms with Crippen LogP contribution in [0.1, 0.15) is 41.2 Å². The van der Waals surface area contributed by atoms with Crippen LogP contribution in [0.5, 0.6) is 5.88 Å². The summed E-state index contributed by atoms with van der Waals surface area (Å²) in [5.74, 6) is -1.23. The SMILES string of the molecule is CC[C@H]1O[C@@](O)(c2cnc(OCc3ccccc3)c(C)c2)C(OCc2ccccc2)[C@H]1OCc1ccccc1. The first kappa shape index (κ1) is 27.0. The monoisotopic (exact) mass is 525 g/mol. The third-order valence-corrected chi connectivity index (χ3v) is 7.00. The van der Waals surface area contributed by atoms with Crippen LogP contribution < -0.4 is 4.74 Å². The zero-order valence-electron chi connectivity index (χ0n) is 22.4. The van der Waals surface area contributed by atoms with Crippen molar-refractivity contribution in [2.24, 2.45) is 0 Å². The number of aryl methyl sites for hydroxylation is 1. The van der Waals surface area contributed by atoms with Crippen molar-refractivity contribution < 1.29 is 24.1 Å². The fourth-order valence-corrected chi connectivity index (χ4v) is 4.90. The highest BCUT2D eigenvalue weighted by Gasteiger charge is 2.56. The number of ether oxygens (including phenoxy) is 4. The lowest BCUT2D eigenvalue weighted by molar-refractivity contribution is -0.250. The highest BCUT2D eigenvalue weighted by molar-refractivity contribution is 5.33. The van der Waals surface area contributed by atoms with Gasteiger partial charge in [-0.3, -0.25) is 0 Å². The van der Waals surface area contributed by atoms with E-state index >= 15 is 0 Å². The maximum atomic E-state index is 12.1. The van der Waals surface area contributed by atoms with Gasteiger partial charge in [-0.2, -0.15) is 0 Å². The lowest BCUT2D eigenvalue weighted by Crippen LogP contribution is -2.44. The highest BCUT2D eigenvalue weighted by Crippen LogP contribution is 2.43. The molecule has 0 spiro atoms. The molecule has 1 unspecified atom stereocenters. The molecule has 1 fully saturated rings. The van der Waals surface area contributed by atoms with Crippen molar-refractivity contribution in [2.75, 3.05) is 0 Å². The third kappa shape index (κ3) is 6.37. The van der Waals surface area contributed by atoms with E-state index in [0.717, 1.165) is 22.3 Å². The molecule has 1 N–H and O–H groups in total. The Kier molecular flexibility index (Phi) is 8.69. The molecule has 202 valence electrons. The van der Waals surface area contributed by atoms with Gasteiger partial charge in [-0.1, -0.05) is 97.9 Å². The Morgan fingerprint density at radius 3 is 1.87 bits per heavy atom. The Labute approximate surface area is 230 Å². The van der Waals surface area contributed by atoms with Crippen LogP contribution in [0, 0.1) is 6.92 Å². The Balaban J connectivity index is 1.40. The molecule has 6 heteroatoms. The lowest BCUT2D eigenvalue weighted by Gasteiger charge is -2.31. The summed E-state index contributed by atoms with van der Waals surface area (Å²) in [5, 5.41) is 12.1. The van der Waals surface area contributed by atoms with Gasteiger partial charge < -0.3 is 24.1 Å². The van der Waals surface area contributed by atoms with Crippen LogP contribution in [0.4, 0.5) is 0 Å². The Hall–Kier alpha value is -3.55. The number of rotatable bonds is 11. The van der Waals surface area contributed by atoms with Gasteiger partial charge in [-0.05, 0) is 36.1 Å². The van der Waals surface area contributed by atoms with Gasteiger partial charge in [0.2, 0.25) is 11.7 Å². The van der Waals surface area contributed by atoms with E-state index in [1.54, 1.807) is 6.20 Å². The molecule has 0 amide bonds. The van der Waals surface area contributed by atoms with E-state index in [1.807, 2.05) is 111 Å². The van der Waals surface area contributed by atoms with Gasteiger partial charge in [0.1, 0.15) is 18.8 Å². The van der Waals surface area contributed by atoms with Crippen LogP contribution in [0.15, 0.2) is 103 Å². The van der Waals surface area contributed by atoms with E-state index in [-0.39, 0.29) is 6.10 Å². The molecule has 39 heavy (non-hydrogen) atoms. The molecule has 1 aliphatic rings. The van der Waals surface area contributed by atoms with Crippen molar-refractivity contribution >= 4 is 0 Å². The van der Waals surface area contributed by atoms with Gasteiger partial charge in [-0.15, -0.1) is 0 Å². The second kappa shape index (κ2) is 12.5. The van der Waals surface area contributed by atoms with Crippen LogP contribution >= 0.6 is 0 Å². The minimum atomic E-state index is -1.74. The maximum Gasteiger partial charge on any atom is 0.224 e. The zero-order valence-corrected chi connectivity index (χ0v) is 22.4. The fraction of sp³-hybridized carbons (Fsp3) is 0.303. The number of hydrogen-bond donors (Lipinski definition) is 1. The van der Waals surface area contributed by atoms with Crippen LogP contribution in [-0.4, -0.2) is 28.4 Å². The molecule has 0 bridgehead atoms. The number of benzene rings is 3. The second-order valence-electron chi connectivity index (χ2n) is 9.86. The number of aromatic nitrogens is 1. The van der Waals surface area contributed by atoms with E-state index in [2.05, 4.69) is 4.98 Å². The summed E-state index contributed by atoms with van der Waals surface area (Å²) in [4.78, 5) is 4.55. The quantitative estimate of drug-likeness (QED) is 0.255. The average Bonchev–Trinajstić information content (AvgIpc) is 3.27. The molecule has 6 nitrogen and oxygen atoms in total. The molecular weight excluding hydrogens is 490 g/mol. The molecule has 0 saturated carbocycles. The number of nitrogens with zero attached hydrogens (tertiary/aromatic N) is 1. The van der Waals surface area contributed by atoms with Gasteiger partial charge in [-0.25, -0.2) is 4.98 Å². The number of aliphatic hydroxyl groups is 1. The van der Waals surface area contributed by atoms with E-state index in [1.165, 1.54) is 0 Å². The minimum absolute atomic E-state index is 0.309. The predicted molar refractivity (Wildman–Crippen MR) is 149 cm³/mol. The van der Waals surface area contributed by atoms with Crippen LogP contribution in [0.3, 0.4) is 0 Å². The van der Waals surface area contributed by atoms with Gasteiger partial charge in [0, 0.05) is 17.3 Å². The maximum absolute atomic E-state index is 12.1. The summed E-state index contributed by atoms with van der Waals surface area (Å²) in [6, 6.07) is 31.7. The van der Waals surface area contributed by atoms with E-state index in [9.17, 15) is 5.11 Å². The van der Waals surface area contributed by atoms with Crippen molar-refractivity contribution in [3.63, 3.8) is 0 Å². The van der Waals surface area contributed by atoms with Crippen molar-refractivity contribution in [3.05, 3.63) is 131 Å². The normalized spacial score (nSPS) is 22.6. The molecule has 1 saturated heterocycles. The third-order valence-electron chi connectivity index (χ3n) is 7.00. The van der Waals surface area contributed by atoms with Crippen molar-refractivity contribution in [2.45, 2.75) is 64.2 Å². The Morgan fingerprint density at radius 1 is 0.795 bits per heavy atom. The first-order valence-electron chi connectivity index (χ1n) is 13.4. The largest absolute Gasteiger partial charge is 0.473 e. The van der Waals surface area contributed by atoms with Gasteiger partial charge in [0.05, 0.1) is 19.3 Å². The van der Waals surface area contributed by atoms with Crippen LogP contribution in [0.25, 0.3) is 0 Å². The van der Waals surface area contributed by atoms with Crippen molar-refractivity contribution in [1.82, 2.24) is 4.98 Å². The molecule has 4 aromatic rings.